The van der Waals surface area contributed by atoms with Crippen LogP contribution in [0.4, 0.5) is 0 Å². The molecule has 0 N–H and O–H groups in total. The summed E-state index contributed by atoms with van der Waals surface area (Å²) >= 11 is 5.11. The van der Waals surface area contributed by atoms with E-state index in [1.165, 1.54) is 0 Å². The molecular weight excluding hydrogens is 416 g/mol. The van der Waals surface area contributed by atoms with Gasteiger partial charge >= 0.3 is 5.97 Å². The first kappa shape index (κ1) is 19.2. The van der Waals surface area contributed by atoms with Crippen molar-refractivity contribution < 1.29 is 14.3 Å². The molecule has 0 saturated carbocycles. The predicted octanol–water partition coefficient (Wildman–Crippen LogP) is 4.30. The van der Waals surface area contributed by atoms with Crippen LogP contribution in [0.15, 0.2) is 45.0 Å². The lowest BCUT2D eigenvalue weighted by atomic mass is 9.94. The fourth-order valence-electron chi connectivity index (χ4n) is 2.97. The van der Waals surface area contributed by atoms with Gasteiger partial charge in [0.05, 0.1) is 23.9 Å². The van der Waals surface area contributed by atoms with E-state index < -0.39 is 12.0 Å². The van der Waals surface area contributed by atoms with Crippen molar-refractivity contribution in [3.05, 3.63) is 45.6 Å². The van der Waals surface area contributed by atoms with Crippen molar-refractivity contribution in [2.75, 3.05) is 12.4 Å². The molecule has 0 radical (unpaired) electrons. The molecule has 0 aromatic heterocycles. The second-order valence-electron chi connectivity index (χ2n) is 6.67. The summed E-state index contributed by atoms with van der Waals surface area (Å²) in [6.07, 6.45) is 0.429. The van der Waals surface area contributed by atoms with Gasteiger partial charge < -0.3 is 4.74 Å². The first-order chi connectivity index (χ1) is 12.4. The Bertz CT molecular complexity index is 804. The Balaban J connectivity index is 2.10. The average Bonchev–Trinajstić information content (AvgIpc) is 2.59. The first-order valence-corrected chi connectivity index (χ1v) is 10.3. The number of carbonyl (C=O) groups is 2. The van der Waals surface area contributed by atoms with Crippen LogP contribution in [0.2, 0.25) is 0 Å². The molecule has 2 heterocycles. The van der Waals surface area contributed by atoms with Crippen LogP contribution >= 0.6 is 27.7 Å². The number of aliphatic imine (C=N–C) groups is 1. The summed E-state index contributed by atoms with van der Waals surface area (Å²) in [6.45, 7) is 6.11. The molecule has 0 bridgehead atoms. The van der Waals surface area contributed by atoms with Crippen LogP contribution in [-0.2, 0) is 14.3 Å². The molecule has 2 aliphatic heterocycles. The van der Waals surface area contributed by atoms with Crippen molar-refractivity contribution in [2.45, 2.75) is 33.2 Å². The molecule has 1 fully saturated rings. The highest BCUT2D eigenvalue weighted by atomic mass is 79.9. The largest absolute Gasteiger partial charge is 0.462 e. The number of halogens is 1. The molecule has 1 aromatic carbocycles. The fourth-order valence-corrected chi connectivity index (χ4v) is 4.48. The molecule has 1 atom stereocenters. The van der Waals surface area contributed by atoms with Gasteiger partial charge in [0.2, 0.25) is 5.91 Å². The highest BCUT2D eigenvalue weighted by Crippen LogP contribution is 2.42. The third-order valence-electron chi connectivity index (χ3n) is 4.17. The molecular formula is C19H21BrN2O3S. The van der Waals surface area contributed by atoms with Crippen molar-refractivity contribution in [1.82, 2.24) is 4.90 Å². The predicted molar refractivity (Wildman–Crippen MR) is 107 cm³/mol. The molecule has 1 saturated heterocycles. The number of carbonyl (C=O) groups excluding carboxylic acids is 2. The molecule has 7 heteroatoms. The monoisotopic (exact) mass is 436 g/mol. The van der Waals surface area contributed by atoms with E-state index in [4.69, 9.17) is 4.74 Å². The van der Waals surface area contributed by atoms with E-state index in [1.54, 1.807) is 23.6 Å². The number of hydrogen-bond acceptors (Lipinski definition) is 5. The number of amidine groups is 1. The smallest absolute Gasteiger partial charge is 0.338 e. The third kappa shape index (κ3) is 3.74. The second kappa shape index (κ2) is 7.96. The van der Waals surface area contributed by atoms with Crippen molar-refractivity contribution in [2.24, 2.45) is 10.9 Å². The van der Waals surface area contributed by atoms with E-state index in [1.807, 2.05) is 38.1 Å². The van der Waals surface area contributed by atoms with E-state index in [-0.39, 0.29) is 11.8 Å². The highest BCUT2D eigenvalue weighted by Gasteiger charge is 2.42. The lowest BCUT2D eigenvalue weighted by Gasteiger charge is -2.39. The minimum Gasteiger partial charge on any atom is -0.462 e. The number of nitrogens with zero attached hydrogens (tertiary/aromatic N) is 2. The van der Waals surface area contributed by atoms with Gasteiger partial charge in [-0.15, -0.1) is 0 Å². The van der Waals surface area contributed by atoms with Gasteiger partial charge in [-0.25, -0.2) is 9.79 Å². The van der Waals surface area contributed by atoms with E-state index in [0.717, 1.165) is 10.0 Å². The minimum absolute atomic E-state index is 0.0232. The summed E-state index contributed by atoms with van der Waals surface area (Å²) in [5.74, 6) is 0.502. The van der Waals surface area contributed by atoms with Crippen LogP contribution in [0.1, 0.15) is 38.8 Å². The molecule has 2 aliphatic rings. The molecule has 1 amide bonds. The van der Waals surface area contributed by atoms with Gasteiger partial charge in [0.25, 0.3) is 0 Å². The molecule has 0 unspecified atom stereocenters. The summed E-state index contributed by atoms with van der Waals surface area (Å²) < 4.78 is 6.34. The third-order valence-corrected chi connectivity index (χ3v) is 5.85. The number of benzene rings is 1. The average molecular weight is 437 g/mol. The van der Waals surface area contributed by atoms with Crippen LogP contribution < -0.4 is 0 Å². The Morgan fingerprint density at radius 1 is 1.42 bits per heavy atom. The highest BCUT2D eigenvalue weighted by molar-refractivity contribution is 9.10. The molecule has 3 rings (SSSR count). The Kier molecular flexibility index (Phi) is 5.87. The summed E-state index contributed by atoms with van der Waals surface area (Å²) in [6, 6.07) is 7.12. The normalized spacial score (nSPS) is 20.2. The topological polar surface area (TPSA) is 59.0 Å². The van der Waals surface area contributed by atoms with Gasteiger partial charge in [-0.1, -0.05) is 59.7 Å². The summed E-state index contributed by atoms with van der Waals surface area (Å²) in [5.41, 5.74) is 1.89. The van der Waals surface area contributed by atoms with Gasteiger partial charge in [-0.05, 0) is 24.5 Å². The standard InChI is InChI=1S/C19H21BrN2O3S/c1-11(2)10-25-18(24)16-12(3)21-19-22(15(23)8-9-26-19)17(16)13-6-4-5-7-14(13)20/h4-7,11,17H,8-10H2,1-3H3/t17-/m1/s1. The molecule has 0 spiro atoms. The number of esters is 1. The quantitative estimate of drug-likeness (QED) is 0.660. The van der Waals surface area contributed by atoms with E-state index >= 15 is 0 Å². The van der Waals surface area contributed by atoms with Gasteiger partial charge in [-0.3, -0.25) is 9.69 Å². The fraction of sp³-hybridized carbons (Fsp3) is 0.421. The Morgan fingerprint density at radius 3 is 2.85 bits per heavy atom. The van der Waals surface area contributed by atoms with Gasteiger partial charge in [0, 0.05) is 16.6 Å². The minimum atomic E-state index is -0.530. The lowest BCUT2D eigenvalue weighted by Crippen LogP contribution is -2.46. The van der Waals surface area contributed by atoms with Crippen molar-refractivity contribution in [3.63, 3.8) is 0 Å². The number of fused-ring (bicyclic) bond motifs is 1. The maximum atomic E-state index is 12.9. The molecule has 0 aliphatic carbocycles. The number of allylic oxidation sites excluding steroid dienone is 1. The van der Waals surface area contributed by atoms with Crippen molar-refractivity contribution in [3.8, 4) is 0 Å². The van der Waals surface area contributed by atoms with Crippen LogP contribution in [0.25, 0.3) is 0 Å². The zero-order valence-corrected chi connectivity index (χ0v) is 17.4. The van der Waals surface area contributed by atoms with Crippen molar-refractivity contribution >= 4 is 44.7 Å². The van der Waals surface area contributed by atoms with Crippen LogP contribution in [-0.4, -0.2) is 34.3 Å². The zero-order chi connectivity index (χ0) is 18.8. The summed E-state index contributed by atoms with van der Waals surface area (Å²) in [5, 5.41) is 0.653. The number of ether oxygens (including phenoxy) is 1. The van der Waals surface area contributed by atoms with Crippen molar-refractivity contribution in [1.29, 1.82) is 0 Å². The first-order valence-electron chi connectivity index (χ1n) is 8.56. The van der Waals surface area contributed by atoms with Crippen LogP contribution in [0.5, 0.6) is 0 Å². The van der Waals surface area contributed by atoms with Gasteiger partial charge in [0.1, 0.15) is 0 Å². The summed E-state index contributed by atoms with van der Waals surface area (Å²) in [4.78, 5) is 31.8. The molecule has 138 valence electrons. The Hall–Kier alpha value is -1.60. The van der Waals surface area contributed by atoms with E-state index in [9.17, 15) is 9.59 Å². The number of hydrogen-bond donors (Lipinski definition) is 0. The zero-order valence-electron chi connectivity index (χ0n) is 15.0. The van der Waals surface area contributed by atoms with E-state index in [0.29, 0.717) is 35.2 Å². The Morgan fingerprint density at radius 2 is 2.15 bits per heavy atom. The molecule has 5 nitrogen and oxygen atoms in total. The molecule has 26 heavy (non-hydrogen) atoms. The SMILES string of the molecule is CC1=C(C(=O)OCC(C)C)[C@@H](c2ccccc2Br)N2C(=O)CCSC2=N1. The molecule has 1 aromatic rings. The van der Waals surface area contributed by atoms with Crippen LogP contribution in [0.3, 0.4) is 0 Å². The summed E-state index contributed by atoms with van der Waals surface area (Å²) in [7, 11) is 0. The van der Waals surface area contributed by atoms with Gasteiger partial charge in [-0.2, -0.15) is 0 Å². The number of thioether (sulfide) groups is 1. The van der Waals surface area contributed by atoms with Crippen LogP contribution in [0, 0.1) is 5.92 Å². The second-order valence-corrected chi connectivity index (χ2v) is 8.59. The maximum Gasteiger partial charge on any atom is 0.338 e. The van der Waals surface area contributed by atoms with E-state index in [2.05, 4.69) is 20.9 Å². The lowest BCUT2D eigenvalue weighted by molar-refractivity contribution is -0.141. The number of rotatable bonds is 4. The maximum absolute atomic E-state index is 12.9. The number of amides is 1. The van der Waals surface area contributed by atoms with Gasteiger partial charge in [0.15, 0.2) is 5.17 Å². The Labute approximate surface area is 166 Å².